The number of pyridine rings is 1. The third-order valence-corrected chi connectivity index (χ3v) is 3.08. The smallest absolute Gasteiger partial charge is 0.146 e. The maximum Gasteiger partial charge on any atom is 0.146 e. The van der Waals surface area contributed by atoms with Crippen LogP contribution in [0.3, 0.4) is 0 Å². The second-order valence-corrected chi connectivity index (χ2v) is 4.28. The van der Waals surface area contributed by atoms with E-state index in [1.54, 1.807) is 19.3 Å². The summed E-state index contributed by atoms with van der Waals surface area (Å²) >= 11 is 0. The number of nitrogens with one attached hydrogen (secondary N) is 1. The molecule has 3 nitrogen and oxygen atoms in total. The lowest BCUT2D eigenvalue weighted by molar-refractivity contribution is 0.468. The van der Waals surface area contributed by atoms with Crippen LogP contribution < -0.4 is 5.32 Å². The number of fused-ring (bicyclic) bond motifs is 1. The van der Waals surface area contributed by atoms with E-state index >= 15 is 0 Å². The predicted molar refractivity (Wildman–Crippen MR) is 71.3 cm³/mol. The first-order chi connectivity index (χ1) is 9.29. The van der Waals surface area contributed by atoms with E-state index in [0.29, 0.717) is 11.5 Å². The van der Waals surface area contributed by atoms with Crippen molar-refractivity contribution in [1.29, 1.82) is 0 Å². The highest BCUT2D eigenvalue weighted by atomic mass is 19.1. The van der Waals surface area contributed by atoms with E-state index in [-0.39, 0.29) is 5.82 Å². The average molecular weight is 256 g/mol. The molecule has 19 heavy (non-hydrogen) atoms. The summed E-state index contributed by atoms with van der Waals surface area (Å²) in [6, 6.07) is 12.2. The fraction of sp³-hybridized carbons (Fsp3) is 0.133. The summed E-state index contributed by atoms with van der Waals surface area (Å²) in [6.45, 7) is 0. The topological polar surface area (TPSA) is 38.1 Å². The second-order valence-electron chi connectivity index (χ2n) is 4.28. The fourth-order valence-electron chi connectivity index (χ4n) is 2.17. The first-order valence-corrected chi connectivity index (χ1v) is 6.06. The average Bonchev–Trinajstić information content (AvgIpc) is 2.85. The number of hydrogen-bond donors (Lipinski definition) is 1. The van der Waals surface area contributed by atoms with Gasteiger partial charge in [0, 0.05) is 11.6 Å². The van der Waals surface area contributed by atoms with E-state index in [4.69, 9.17) is 4.42 Å². The third kappa shape index (κ3) is 2.11. The molecule has 1 atom stereocenters. The van der Waals surface area contributed by atoms with Crippen LogP contribution in [0.15, 0.2) is 53.1 Å². The van der Waals surface area contributed by atoms with Crippen molar-refractivity contribution in [2.75, 3.05) is 7.05 Å². The Morgan fingerprint density at radius 2 is 2.05 bits per heavy atom. The summed E-state index contributed by atoms with van der Waals surface area (Å²) in [7, 11) is 1.76. The Labute approximate surface area is 110 Å². The van der Waals surface area contributed by atoms with E-state index in [2.05, 4.69) is 10.3 Å². The van der Waals surface area contributed by atoms with Gasteiger partial charge in [-0.25, -0.2) is 4.39 Å². The van der Waals surface area contributed by atoms with Crippen molar-refractivity contribution in [1.82, 2.24) is 10.3 Å². The van der Waals surface area contributed by atoms with Crippen LogP contribution in [0.1, 0.15) is 17.5 Å². The molecule has 0 aliphatic heterocycles. The van der Waals surface area contributed by atoms with Gasteiger partial charge in [0.25, 0.3) is 0 Å². The molecule has 0 spiro atoms. The molecule has 0 aliphatic carbocycles. The molecule has 1 unspecified atom stereocenters. The highest BCUT2D eigenvalue weighted by Gasteiger charge is 2.21. The molecule has 2 aromatic heterocycles. The summed E-state index contributed by atoms with van der Waals surface area (Å²) in [4.78, 5) is 4.10. The summed E-state index contributed by atoms with van der Waals surface area (Å²) < 4.78 is 19.6. The van der Waals surface area contributed by atoms with Crippen LogP contribution in [-0.2, 0) is 0 Å². The molecule has 1 N–H and O–H groups in total. The van der Waals surface area contributed by atoms with Gasteiger partial charge >= 0.3 is 0 Å². The molecule has 0 amide bonds. The number of rotatable bonds is 3. The molecule has 0 aliphatic rings. The lowest BCUT2D eigenvalue weighted by Crippen LogP contribution is -2.19. The van der Waals surface area contributed by atoms with Crippen LogP contribution in [-0.4, -0.2) is 12.0 Å². The van der Waals surface area contributed by atoms with Crippen molar-refractivity contribution in [3.63, 3.8) is 0 Å². The summed E-state index contributed by atoms with van der Waals surface area (Å²) in [5, 5.41) is 4.03. The minimum atomic E-state index is -0.395. The number of furan rings is 1. The van der Waals surface area contributed by atoms with Crippen LogP contribution in [0, 0.1) is 5.82 Å². The van der Waals surface area contributed by atoms with Gasteiger partial charge in [-0.3, -0.25) is 4.98 Å². The highest BCUT2D eigenvalue weighted by Crippen LogP contribution is 2.28. The molecule has 3 aromatic rings. The lowest BCUT2D eigenvalue weighted by atomic mass is 10.1. The molecule has 0 saturated heterocycles. The minimum Gasteiger partial charge on any atom is -0.459 e. The zero-order valence-electron chi connectivity index (χ0n) is 10.4. The van der Waals surface area contributed by atoms with Gasteiger partial charge in [-0.15, -0.1) is 0 Å². The monoisotopic (exact) mass is 256 g/mol. The Hall–Kier alpha value is -2.20. The van der Waals surface area contributed by atoms with E-state index in [0.717, 1.165) is 11.0 Å². The van der Waals surface area contributed by atoms with Crippen molar-refractivity contribution in [3.05, 3.63) is 65.9 Å². The molecule has 4 heteroatoms. The maximum atomic E-state index is 13.8. The Morgan fingerprint density at radius 3 is 2.79 bits per heavy atom. The summed E-state index contributed by atoms with van der Waals surface area (Å²) in [6.07, 6.45) is 1.57. The van der Waals surface area contributed by atoms with Crippen LogP contribution in [0.4, 0.5) is 4.39 Å². The predicted octanol–water partition coefficient (Wildman–Crippen LogP) is 3.28. The molecule has 0 radical (unpaired) electrons. The molecule has 0 saturated carbocycles. The first kappa shape index (κ1) is 11.9. The SMILES string of the molecule is CNC(c1cc2ccccc2o1)c1ncccc1F. The van der Waals surface area contributed by atoms with E-state index in [9.17, 15) is 4.39 Å². The van der Waals surface area contributed by atoms with E-state index in [1.165, 1.54) is 6.07 Å². The van der Waals surface area contributed by atoms with Crippen LogP contribution in [0.2, 0.25) is 0 Å². The van der Waals surface area contributed by atoms with Crippen molar-refractivity contribution in [2.24, 2.45) is 0 Å². The molecule has 3 rings (SSSR count). The quantitative estimate of drug-likeness (QED) is 0.781. The molecule has 96 valence electrons. The van der Waals surface area contributed by atoms with Gasteiger partial charge in [-0.05, 0) is 31.3 Å². The molecular formula is C15H13FN2O. The van der Waals surface area contributed by atoms with Gasteiger partial charge in [0.2, 0.25) is 0 Å². The van der Waals surface area contributed by atoms with Crippen LogP contribution >= 0.6 is 0 Å². The first-order valence-electron chi connectivity index (χ1n) is 6.06. The molecule has 0 fully saturated rings. The Morgan fingerprint density at radius 1 is 1.21 bits per heavy atom. The van der Waals surface area contributed by atoms with Crippen LogP contribution in [0.25, 0.3) is 11.0 Å². The maximum absolute atomic E-state index is 13.8. The number of hydrogen-bond acceptors (Lipinski definition) is 3. The summed E-state index contributed by atoms with van der Waals surface area (Å²) in [5.74, 6) is 0.309. The normalized spacial score (nSPS) is 12.7. The number of benzene rings is 1. The molecule has 2 heterocycles. The number of nitrogens with zero attached hydrogens (tertiary/aromatic N) is 1. The minimum absolute atomic E-state index is 0.337. The van der Waals surface area contributed by atoms with E-state index in [1.807, 2.05) is 30.3 Å². The van der Waals surface area contributed by atoms with Gasteiger partial charge < -0.3 is 9.73 Å². The second kappa shape index (κ2) is 4.82. The van der Waals surface area contributed by atoms with Gasteiger partial charge in [0.15, 0.2) is 0 Å². The van der Waals surface area contributed by atoms with Crippen molar-refractivity contribution in [2.45, 2.75) is 6.04 Å². The molecular weight excluding hydrogens is 243 g/mol. The van der Waals surface area contributed by atoms with E-state index < -0.39 is 6.04 Å². The standard InChI is InChI=1S/C15H13FN2O/c1-17-15(14-11(16)6-4-8-18-14)13-9-10-5-2-3-7-12(10)19-13/h2-9,15,17H,1H3. The van der Waals surface area contributed by atoms with Crippen molar-refractivity contribution < 1.29 is 8.81 Å². The third-order valence-electron chi connectivity index (χ3n) is 3.08. The Kier molecular flexibility index (Phi) is 3.01. The van der Waals surface area contributed by atoms with Gasteiger partial charge in [0.05, 0.1) is 0 Å². The molecule has 1 aromatic carbocycles. The molecule has 0 bridgehead atoms. The Balaban J connectivity index is 2.09. The van der Waals surface area contributed by atoms with Gasteiger partial charge in [-0.2, -0.15) is 0 Å². The number of para-hydroxylation sites is 1. The Bertz CT molecular complexity index is 675. The fourth-order valence-corrected chi connectivity index (χ4v) is 2.17. The van der Waals surface area contributed by atoms with Crippen molar-refractivity contribution in [3.8, 4) is 0 Å². The van der Waals surface area contributed by atoms with Gasteiger partial charge in [-0.1, -0.05) is 18.2 Å². The zero-order chi connectivity index (χ0) is 13.2. The number of aromatic nitrogens is 1. The summed E-state index contributed by atoms with van der Waals surface area (Å²) in [5.41, 5.74) is 1.12. The zero-order valence-corrected chi connectivity index (χ0v) is 10.4. The largest absolute Gasteiger partial charge is 0.459 e. The van der Waals surface area contributed by atoms with Crippen molar-refractivity contribution >= 4 is 11.0 Å². The highest BCUT2D eigenvalue weighted by molar-refractivity contribution is 5.77. The van der Waals surface area contributed by atoms with Crippen LogP contribution in [0.5, 0.6) is 0 Å². The van der Waals surface area contributed by atoms with Gasteiger partial charge in [0.1, 0.15) is 28.9 Å². The number of halogens is 1. The lowest BCUT2D eigenvalue weighted by Gasteiger charge is -2.13.